The van der Waals surface area contributed by atoms with E-state index >= 15 is 0 Å². The Morgan fingerprint density at radius 1 is 0.957 bits per heavy atom. The van der Waals surface area contributed by atoms with Crippen LogP contribution in [-0.4, -0.2) is 16.3 Å². The molecule has 0 fully saturated rings. The van der Waals surface area contributed by atoms with Crippen molar-refractivity contribution in [1.82, 2.24) is 4.57 Å². The number of fused-ring (bicyclic) bond motifs is 1. The molecule has 1 N–H and O–H groups in total. The van der Waals surface area contributed by atoms with E-state index in [-0.39, 0.29) is 11.7 Å². The number of carbonyl (C=O) groups excluding carboxylic acids is 2. The van der Waals surface area contributed by atoms with Crippen molar-refractivity contribution in [2.75, 3.05) is 5.32 Å². The van der Waals surface area contributed by atoms with Crippen LogP contribution in [0.4, 0.5) is 5.69 Å². The van der Waals surface area contributed by atoms with Gasteiger partial charge in [-0.25, -0.2) is 0 Å². The number of benzene rings is 2. The van der Waals surface area contributed by atoms with E-state index in [2.05, 4.69) is 9.88 Å². The van der Waals surface area contributed by atoms with Crippen molar-refractivity contribution in [2.24, 2.45) is 0 Å². The number of hydrogen-bond donors (Lipinski definition) is 1. The average molecular weight is 306 g/mol. The molecule has 0 unspecified atom stereocenters. The van der Waals surface area contributed by atoms with Gasteiger partial charge in [0.1, 0.15) is 0 Å². The number of para-hydroxylation sites is 1. The number of rotatable bonds is 3. The predicted molar refractivity (Wildman–Crippen MR) is 92.3 cm³/mol. The molecule has 0 spiro atoms. The first kappa shape index (κ1) is 15.0. The first-order valence-electron chi connectivity index (χ1n) is 7.48. The number of hydrogen-bond acceptors (Lipinski definition) is 2. The van der Waals surface area contributed by atoms with E-state index < -0.39 is 0 Å². The van der Waals surface area contributed by atoms with Gasteiger partial charge in [0.25, 0.3) is 0 Å². The van der Waals surface area contributed by atoms with Crippen LogP contribution in [0.3, 0.4) is 0 Å². The fraction of sp³-hybridized carbons (Fsp3) is 0.158. The summed E-state index contributed by atoms with van der Waals surface area (Å²) in [7, 11) is 0. The first-order valence-corrected chi connectivity index (χ1v) is 7.48. The van der Waals surface area contributed by atoms with Crippen LogP contribution in [0.5, 0.6) is 0 Å². The highest BCUT2D eigenvalue weighted by atomic mass is 16.1. The second-order valence-electron chi connectivity index (χ2n) is 5.60. The van der Waals surface area contributed by atoms with Gasteiger partial charge in [-0.3, -0.25) is 9.59 Å². The third kappa shape index (κ3) is 2.63. The summed E-state index contributed by atoms with van der Waals surface area (Å²) in [5.41, 5.74) is 4.39. The summed E-state index contributed by atoms with van der Waals surface area (Å²) < 4.78 is 2.07. The zero-order valence-corrected chi connectivity index (χ0v) is 13.4. The molecule has 3 rings (SSSR count). The third-order valence-corrected chi connectivity index (χ3v) is 3.91. The average Bonchev–Trinajstić information content (AvgIpc) is 2.79. The topological polar surface area (TPSA) is 51.1 Å². The molecule has 4 heteroatoms. The van der Waals surface area contributed by atoms with Crippen molar-refractivity contribution in [3.63, 3.8) is 0 Å². The van der Waals surface area contributed by atoms with E-state index in [1.165, 1.54) is 6.92 Å². The highest BCUT2D eigenvalue weighted by molar-refractivity contribution is 6.09. The van der Waals surface area contributed by atoms with Crippen LogP contribution >= 0.6 is 0 Å². The van der Waals surface area contributed by atoms with Crippen LogP contribution < -0.4 is 5.32 Å². The second kappa shape index (κ2) is 5.72. The molecular formula is C19H18N2O2. The maximum Gasteiger partial charge on any atom is 0.221 e. The minimum atomic E-state index is -0.0980. The maximum atomic E-state index is 12.0. The quantitative estimate of drug-likeness (QED) is 0.741. The molecule has 3 aromatic rings. The largest absolute Gasteiger partial charge is 0.326 e. The van der Waals surface area contributed by atoms with Crippen LogP contribution in [-0.2, 0) is 4.79 Å². The monoisotopic (exact) mass is 306 g/mol. The van der Waals surface area contributed by atoms with Gasteiger partial charge >= 0.3 is 0 Å². The molecule has 2 aromatic carbocycles. The maximum absolute atomic E-state index is 12.0. The SMILES string of the molecule is CC(=O)Nc1ccc(-n2c(C)c(C(C)=O)c3ccccc32)cc1. The Morgan fingerprint density at radius 3 is 2.22 bits per heavy atom. The Bertz CT molecular complexity index is 905. The number of ketones is 1. The van der Waals surface area contributed by atoms with E-state index in [0.29, 0.717) is 0 Å². The van der Waals surface area contributed by atoms with Crippen molar-refractivity contribution in [3.05, 3.63) is 59.8 Å². The lowest BCUT2D eigenvalue weighted by molar-refractivity contribution is -0.114. The van der Waals surface area contributed by atoms with Gasteiger partial charge in [-0.1, -0.05) is 18.2 Å². The van der Waals surface area contributed by atoms with Crippen molar-refractivity contribution < 1.29 is 9.59 Å². The van der Waals surface area contributed by atoms with Gasteiger partial charge in [-0.05, 0) is 44.2 Å². The molecule has 0 atom stereocenters. The highest BCUT2D eigenvalue weighted by Crippen LogP contribution is 2.29. The van der Waals surface area contributed by atoms with Crippen LogP contribution in [0, 0.1) is 6.92 Å². The van der Waals surface area contributed by atoms with E-state index in [4.69, 9.17) is 0 Å². The van der Waals surface area contributed by atoms with Crippen LogP contribution in [0.1, 0.15) is 29.9 Å². The van der Waals surface area contributed by atoms with E-state index in [0.717, 1.165) is 33.5 Å². The summed E-state index contributed by atoms with van der Waals surface area (Å²) in [6.45, 7) is 5.04. The number of Topliss-reactive ketones (excluding diaryl/α,β-unsaturated/α-hetero) is 1. The van der Waals surface area contributed by atoms with Crippen molar-refractivity contribution >= 4 is 28.3 Å². The molecule has 0 aliphatic rings. The Balaban J connectivity index is 2.18. The molecule has 0 radical (unpaired) electrons. The predicted octanol–water partition coefficient (Wildman–Crippen LogP) is 4.10. The van der Waals surface area contributed by atoms with Crippen LogP contribution in [0.2, 0.25) is 0 Å². The smallest absolute Gasteiger partial charge is 0.221 e. The summed E-state index contributed by atoms with van der Waals surface area (Å²) >= 11 is 0. The highest BCUT2D eigenvalue weighted by Gasteiger charge is 2.17. The standard InChI is InChI=1S/C19H18N2O2/c1-12-19(13(2)22)17-6-4-5-7-18(17)21(12)16-10-8-15(9-11-16)20-14(3)23/h4-11H,1-3H3,(H,20,23). The van der Waals surface area contributed by atoms with Crippen LogP contribution in [0.15, 0.2) is 48.5 Å². The molecule has 1 aromatic heterocycles. The Hall–Kier alpha value is -2.88. The summed E-state index contributed by atoms with van der Waals surface area (Å²) in [6.07, 6.45) is 0. The Kier molecular flexibility index (Phi) is 3.74. The van der Waals surface area contributed by atoms with Gasteiger partial charge < -0.3 is 9.88 Å². The van der Waals surface area contributed by atoms with E-state index in [1.807, 2.05) is 55.5 Å². The molecule has 1 amide bonds. The number of nitrogens with one attached hydrogen (secondary N) is 1. The van der Waals surface area contributed by atoms with Gasteiger partial charge in [-0.15, -0.1) is 0 Å². The van der Waals surface area contributed by atoms with Crippen molar-refractivity contribution in [2.45, 2.75) is 20.8 Å². The van der Waals surface area contributed by atoms with Gasteiger partial charge in [0.05, 0.1) is 5.52 Å². The zero-order chi connectivity index (χ0) is 16.6. The molecule has 0 aliphatic heterocycles. The lowest BCUT2D eigenvalue weighted by atomic mass is 10.1. The minimum Gasteiger partial charge on any atom is -0.326 e. The third-order valence-electron chi connectivity index (χ3n) is 3.91. The summed E-state index contributed by atoms with van der Waals surface area (Å²) in [5.74, 6) is -0.0356. The molecule has 0 saturated carbocycles. The molecular weight excluding hydrogens is 288 g/mol. The lowest BCUT2D eigenvalue weighted by Crippen LogP contribution is -2.06. The van der Waals surface area contributed by atoms with Crippen molar-refractivity contribution in [3.8, 4) is 5.69 Å². The van der Waals surface area contributed by atoms with E-state index in [9.17, 15) is 9.59 Å². The Morgan fingerprint density at radius 2 is 1.61 bits per heavy atom. The van der Waals surface area contributed by atoms with Gasteiger partial charge in [0.15, 0.2) is 5.78 Å². The first-order chi connectivity index (χ1) is 11.0. The van der Waals surface area contributed by atoms with Crippen LogP contribution in [0.25, 0.3) is 16.6 Å². The number of nitrogens with zero attached hydrogens (tertiary/aromatic N) is 1. The zero-order valence-electron chi connectivity index (χ0n) is 13.4. The molecule has 4 nitrogen and oxygen atoms in total. The molecule has 23 heavy (non-hydrogen) atoms. The summed E-state index contributed by atoms with van der Waals surface area (Å²) in [5, 5.41) is 3.72. The van der Waals surface area contributed by atoms with Gasteiger partial charge in [-0.2, -0.15) is 0 Å². The van der Waals surface area contributed by atoms with E-state index in [1.54, 1.807) is 6.92 Å². The molecule has 0 saturated heterocycles. The number of amides is 1. The molecule has 0 bridgehead atoms. The Labute approximate surface area is 134 Å². The van der Waals surface area contributed by atoms with Crippen molar-refractivity contribution in [1.29, 1.82) is 0 Å². The normalized spacial score (nSPS) is 10.7. The molecule has 1 heterocycles. The summed E-state index contributed by atoms with van der Waals surface area (Å²) in [6, 6.07) is 15.5. The fourth-order valence-corrected chi connectivity index (χ4v) is 3.04. The number of aromatic nitrogens is 1. The minimum absolute atomic E-state index is 0.0623. The summed E-state index contributed by atoms with van der Waals surface area (Å²) in [4.78, 5) is 23.2. The van der Waals surface area contributed by atoms with Gasteiger partial charge in [0.2, 0.25) is 5.91 Å². The number of carbonyl (C=O) groups is 2. The van der Waals surface area contributed by atoms with Gasteiger partial charge in [0, 0.05) is 34.9 Å². The fourth-order valence-electron chi connectivity index (χ4n) is 3.04. The second-order valence-corrected chi connectivity index (χ2v) is 5.60. The number of anilines is 1. The molecule has 116 valence electrons. The lowest BCUT2D eigenvalue weighted by Gasteiger charge is -2.10. The molecule has 0 aliphatic carbocycles.